The number of carbonyl (C=O) groups is 1. The predicted octanol–water partition coefficient (Wildman–Crippen LogP) is 1.27. The third-order valence-corrected chi connectivity index (χ3v) is 4.43. The van der Waals surface area contributed by atoms with Crippen LogP contribution in [0.15, 0.2) is 6.33 Å². The number of aromatic nitrogens is 5. The van der Waals surface area contributed by atoms with Crippen molar-refractivity contribution in [3.05, 3.63) is 28.4 Å². The van der Waals surface area contributed by atoms with Gasteiger partial charge in [0.2, 0.25) is 0 Å². The van der Waals surface area contributed by atoms with Gasteiger partial charge >= 0.3 is 5.97 Å². The summed E-state index contributed by atoms with van der Waals surface area (Å²) in [5.74, 6) is 0.389. The van der Waals surface area contributed by atoms with Gasteiger partial charge in [0.15, 0.2) is 5.82 Å². The number of anilines is 1. The zero-order valence-corrected chi connectivity index (χ0v) is 13.8. The van der Waals surface area contributed by atoms with Gasteiger partial charge in [-0.15, -0.1) is 16.4 Å². The minimum atomic E-state index is -0.395. The second kappa shape index (κ2) is 6.21. The highest BCUT2D eigenvalue weighted by Gasteiger charge is 2.20. The van der Waals surface area contributed by atoms with Crippen molar-refractivity contribution in [3.63, 3.8) is 0 Å². The smallest absolute Gasteiger partial charge is 0.348 e. The van der Waals surface area contributed by atoms with E-state index >= 15 is 0 Å². The lowest BCUT2D eigenvalue weighted by molar-refractivity contribution is 0.0531. The molecule has 3 heterocycles. The van der Waals surface area contributed by atoms with Crippen LogP contribution in [0.2, 0.25) is 0 Å². The Hall–Kier alpha value is -3.06. The number of hydrogen-bond donors (Lipinski definition) is 1. The molecule has 0 aliphatic heterocycles. The highest BCUT2D eigenvalue weighted by molar-refractivity contribution is 7.20. The van der Waals surface area contributed by atoms with Crippen molar-refractivity contribution in [2.24, 2.45) is 0 Å². The van der Waals surface area contributed by atoms with Gasteiger partial charge in [-0.05, 0) is 19.4 Å². The lowest BCUT2D eigenvalue weighted by Crippen LogP contribution is -2.07. The molecule has 3 aromatic rings. The molecule has 0 aliphatic carbocycles. The fraction of sp³-hybridized carbons (Fsp3) is 0.286. The number of fused-ring (bicyclic) bond motifs is 1. The molecule has 24 heavy (non-hydrogen) atoms. The van der Waals surface area contributed by atoms with E-state index in [0.717, 1.165) is 0 Å². The van der Waals surface area contributed by atoms with Gasteiger partial charge < -0.3 is 10.5 Å². The van der Waals surface area contributed by atoms with E-state index in [0.29, 0.717) is 38.9 Å². The topological polar surface area (TPSA) is 133 Å². The van der Waals surface area contributed by atoms with Crippen LogP contribution in [-0.4, -0.2) is 37.3 Å². The Morgan fingerprint density at radius 2 is 2.29 bits per heavy atom. The average molecular weight is 343 g/mol. The van der Waals surface area contributed by atoms with Gasteiger partial charge in [0, 0.05) is 0 Å². The molecule has 3 rings (SSSR count). The second-order valence-electron chi connectivity index (χ2n) is 4.86. The van der Waals surface area contributed by atoms with Crippen molar-refractivity contribution in [3.8, 4) is 6.07 Å². The van der Waals surface area contributed by atoms with E-state index in [1.807, 2.05) is 6.07 Å². The van der Waals surface area contributed by atoms with Crippen molar-refractivity contribution < 1.29 is 9.53 Å². The van der Waals surface area contributed by atoms with E-state index in [1.54, 1.807) is 13.8 Å². The fourth-order valence-corrected chi connectivity index (χ4v) is 3.35. The van der Waals surface area contributed by atoms with Crippen LogP contribution in [0.1, 0.15) is 33.8 Å². The summed E-state index contributed by atoms with van der Waals surface area (Å²) in [6.07, 6.45) is 1.42. The molecular weight excluding hydrogens is 330 g/mol. The molecule has 0 aliphatic rings. The summed E-state index contributed by atoms with van der Waals surface area (Å²) in [6, 6.07) is 1.85. The summed E-state index contributed by atoms with van der Waals surface area (Å²) in [4.78, 5) is 25.6. The number of esters is 1. The Kier molecular flexibility index (Phi) is 4.09. The molecule has 0 fully saturated rings. The number of thiophene rings is 1. The van der Waals surface area contributed by atoms with Crippen LogP contribution < -0.4 is 5.73 Å². The molecule has 0 bridgehead atoms. The minimum absolute atomic E-state index is 0.0700. The predicted molar refractivity (Wildman–Crippen MR) is 86.4 cm³/mol. The lowest BCUT2D eigenvalue weighted by atomic mass is 10.2. The van der Waals surface area contributed by atoms with Gasteiger partial charge in [-0.2, -0.15) is 5.26 Å². The zero-order valence-electron chi connectivity index (χ0n) is 13.0. The molecule has 0 atom stereocenters. The lowest BCUT2D eigenvalue weighted by Gasteiger charge is -2.03. The number of rotatable bonds is 4. The van der Waals surface area contributed by atoms with Gasteiger partial charge in [-0.25, -0.2) is 24.4 Å². The Morgan fingerprint density at radius 1 is 1.50 bits per heavy atom. The molecule has 0 spiro atoms. The Bertz CT molecular complexity index is 970. The van der Waals surface area contributed by atoms with Crippen LogP contribution in [0.4, 0.5) is 5.82 Å². The zero-order chi connectivity index (χ0) is 17.3. The molecule has 0 amide bonds. The number of nitrogens with two attached hydrogens (primary N) is 1. The van der Waals surface area contributed by atoms with Crippen molar-refractivity contribution in [1.82, 2.24) is 24.7 Å². The van der Waals surface area contributed by atoms with E-state index in [-0.39, 0.29) is 12.4 Å². The monoisotopic (exact) mass is 343 g/mol. The van der Waals surface area contributed by atoms with Gasteiger partial charge in [0.05, 0.1) is 12.0 Å². The molecule has 0 radical (unpaired) electrons. The number of ether oxygens (including phenoxy) is 1. The normalized spacial score (nSPS) is 10.7. The highest BCUT2D eigenvalue weighted by atomic mass is 32.1. The Labute approximate surface area is 140 Å². The van der Waals surface area contributed by atoms with E-state index in [2.05, 4.69) is 20.1 Å². The number of hydrogen-bond acceptors (Lipinski definition) is 9. The Balaban J connectivity index is 2.00. The largest absolute Gasteiger partial charge is 0.462 e. The third-order valence-electron chi connectivity index (χ3n) is 3.27. The molecular formula is C14H13N7O2S. The molecule has 0 saturated carbocycles. The van der Waals surface area contributed by atoms with E-state index < -0.39 is 5.97 Å². The number of nitrogens with zero attached hydrogens (tertiary/aromatic N) is 6. The molecule has 0 saturated heterocycles. The maximum atomic E-state index is 12.0. The summed E-state index contributed by atoms with van der Waals surface area (Å²) in [7, 11) is 0. The average Bonchev–Trinajstić information content (AvgIpc) is 3.12. The summed E-state index contributed by atoms with van der Waals surface area (Å²) in [6.45, 7) is 4.06. The van der Waals surface area contributed by atoms with Gasteiger partial charge in [-0.3, -0.25) is 0 Å². The number of carbonyl (C=O) groups excluding carboxylic acids is 1. The molecule has 0 aromatic carbocycles. The van der Waals surface area contributed by atoms with Crippen LogP contribution in [-0.2, 0) is 11.3 Å². The van der Waals surface area contributed by atoms with Crippen LogP contribution >= 0.6 is 11.3 Å². The summed E-state index contributed by atoms with van der Waals surface area (Å²) in [5.41, 5.74) is 6.75. The minimum Gasteiger partial charge on any atom is -0.462 e. The first-order chi connectivity index (χ1) is 11.5. The molecule has 9 nitrogen and oxygen atoms in total. The first-order valence-electron chi connectivity index (χ1n) is 7.05. The summed E-state index contributed by atoms with van der Waals surface area (Å²) < 4.78 is 6.50. The first kappa shape index (κ1) is 15.8. The van der Waals surface area contributed by atoms with Crippen molar-refractivity contribution >= 4 is 33.3 Å². The van der Waals surface area contributed by atoms with Crippen LogP contribution in [0, 0.1) is 18.3 Å². The molecule has 10 heteroatoms. The first-order valence-corrected chi connectivity index (χ1v) is 7.87. The summed E-state index contributed by atoms with van der Waals surface area (Å²) >= 11 is 1.22. The van der Waals surface area contributed by atoms with Gasteiger partial charge in [0.25, 0.3) is 5.82 Å². The van der Waals surface area contributed by atoms with Crippen molar-refractivity contribution in [2.75, 3.05) is 12.3 Å². The standard InChI is InChI=1S/C14H13N7O2S/c1-3-23-14(22)11-7(2)10-12(16)18-9(19-13(10)24-11)5-21-6-17-8(4-15)20-21/h6H,3,5H2,1-2H3,(H2,16,18,19). The quantitative estimate of drug-likeness (QED) is 0.700. The second-order valence-corrected chi connectivity index (χ2v) is 5.86. The third kappa shape index (κ3) is 2.77. The van der Waals surface area contributed by atoms with E-state index in [1.165, 1.54) is 22.3 Å². The van der Waals surface area contributed by atoms with E-state index in [9.17, 15) is 4.79 Å². The van der Waals surface area contributed by atoms with E-state index in [4.69, 9.17) is 15.7 Å². The van der Waals surface area contributed by atoms with Crippen LogP contribution in [0.25, 0.3) is 10.2 Å². The summed E-state index contributed by atoms with van der Waals surface area (Å²) in [5, 5.41) is 13.4. The maximum absolute atomic E-state index is 12.0. The molecule has 122 valence electrons. The number of nitriles is 1. The number of aryl methyl sites for hydroxylation is 1. The molecule has 0 unspecified atom stereocenters. The molecule has 2 N–H and O–H groups in total. The van der Waals surface area contributed by atoms with Crippen molar-refractivity contribution in [1.29, 1.82) is 5.26 Å². The van der Waals surface area contributed by atoms with Crippen molar-refractivity contribution in [2.45, 2.75) is 20.4 Å². The Morgan fingerprint density at radius 3 is 2.96 bits per heavy atom. The fourth-order valence-electron chi connectivity index (χ4n) is 2.24. The number of nitrogen functional groups attached to an aromatic ring is 1. The highest BCUT2D eigenvalue weighted by Crippen LogP contribution is 2.33. The van der Waals surface area contributed by atoms with Crippen LogP contribution in [0.5, 0.6) is 0 Å². The van der Waals surface area contributed by atoms with Crippen LogP contribution in [0.3, 0.4) is 0 Å². The SMILES string of the molecule is CCOC(=O)c1sc2nc(Cn3cnc(C#N)n3)nc(N)c2c1C. The van der Waals surface area contributed by atoms with Gasteiger partial charge in [0.1, 0.15) is 34.5 Å². The molecule has 3 aromatic heterocycles. The maximum Gasteiger partial charge on any atom is 0.348 e. The van der Waals surface area contributed by atoms with Gasteiger partial charge in [-0.1, -0.05) is 0 Å².